The highest BCUT2D eigenvalue weighted by molar-refractivity contribution is 6.30. The molecule has 2 heterocycles. The summed E-state index contributed by atoms with van der Waals surface area (Å²) in [7, 11) is 0. The van der Waals surface area contributed by atoms with E-state index in [1.54, 1.807) is 12.3 Å². The van der Waals surface area contributed by atoms with Crippen LogP contribution in [0.3, 0.4) is 0 Å². The van der Waals surface area contributed by atoms with Gasteiger partial charge in [-0.1, -0.05) is 29.8 Å². The zero-order valence-electron chi connectivity index (χ0n) is 17.2. The second kappa shape index (κ2) is 9.96. The molecule has 162 valence electrons. The van der Waals surface area contributed by atoms with Crippen LogP contribution in [0.4, 0.5) is 11.6 Å². The van der Waals surface area contributed by atoms with E-state index < -0.39 is 6.10 Å². The lowest BCUT2D eigenvalue weighted by Crippen LogP contribution is -2.49. The van der Waals surface area contributed by atoms with Crippen LogP contribution in [0.15, 0.2) is 60.8 Å². The molecule has 1 aromatic heterocycles. The van der Waals surface area contributed by atoms with Crippen LogP contribution < -0.4 is 15.4 Å². The van der Waals surface area contributed by atoms with Crippen LogP contribution >= 0.6 is 11.6 Å². The van der Waals surface area contributed by atoms with Crippen LogP contribution in [0.25, 0.3) is 11.3 Å². The summed E-state index contributed by atoms with van der Waals surface area (Å²) < 4.78 is 5.83. The van der Waals surface area contributed by atoms with Gasteiger partial charge in [0.15, 0.2) is 0 Å². The largest absolute Gasteiger partial charge is 0.491 e. The van der Waals surface area contributed by atoms with Gasteiger partial charge in [0.05, 0.1) is 5.69 Å². The Morgan fingerprint density at radius 3 is 2.65 bits per heavy atom. The minimum atomic E-state index is -0.573. The first-order chi connectivity index (χ1) is 15.1. The van der Waals surface area contributed by atoms with Crippen molar-refractivity contribution in [2.45, 2.75) is 6.10 Å². The molecule has 0 amide bonds. The van der Waals surface area contributed by atoms with Gasteiger partial charge in [0.2, 0.25) is 5.95 Å². The first-order valence-electron chi connectivity index (χ1n) is 10.3. The molecular weight excluding hydrogens is 414 g/mol. The summed E-state index contributed by atoms with van der Waals surface area (Å²) in [5.74, 6) is 0.911. The third kappa shape index (κ3) is 5.85. The molecule has 0 radical (unpaired) electrons. The van der Waals surface area contributed by atoms with Gasteiger partial charge in [0.1, 0.15) is 18.5 Å². The topological polar surface area (TPSA) is 87.7 Å². The number of benzene rings is 2. The van der Waals surface area contributed by atoms with Crippen LogP contribution in [0.2, 0.25) is 5.02 Å². The zero-order chi connectivity index (χ0) is 21.6. The molecule has 1 unspecified atom stereocenters. The van der Waals surface area contributed by atoms with Crippen LogP contribution in [0.1, 0.15) is 0 Å². The van der Waals surface area contributed by atoms with Crippen molar-refractivity contribution in [2.24, 2.45) is 0 Å². The van der Waals surface area contributed by atoms with Crippen molar-refractivity contribution < 1.29 is 9.84 Å². The predicted molar refractivity (Wildman–Crippen MR) is 123 cm³/mol. The molecule has 1 aliphatic heterocycles. The first kappa shape index (κ1) is 21.4. The van der Waals surface area contributed by atoms with Gasteiger partial charge in [-0.2, -0.15) is 0 Å². The van der Waals surface area contributed by atoms with E-state index in [2.05, 4.69) is 25.8 Å². The van der Waals surface area contributed by atoms with Gasteiger partial charge < -0.3 is 20.5 Å². The summed E-state index contributed by atoms with van der Waals surface area (Å²) in [5.41, 5.74) is 8.43. The Labute approximate surface area is 187 Å². The lowest BCUT2D eigenvalue weighted by Gasteiger charge is -2.36. The summed E-state index contributed by atoms with van der Waals surface area (Å²) in [4.78, 5) is 12.7. The maximum Gasteiger partial charge on any atom is 0.220 e. The van der Waals surface area contributed by atoms with Crippen molar-refractivity contribution in [3.8, 4) is 17.0 Å². The third-order valence-corrected chi connectivity index (χ3v) is 5.50. The summed E-state index contributed by atoms with van der Waals surface area (Å²) in [6.45, 7) is 4.37. The fraction of sp³-hybridized carbons (Fsp3) is 0.304. The summed E-state index contributed by atoms with van der Waals surface area (Å²) in [6.07, 6.45) is 1.05. The van der Waals surface area contributed by atoms with Gasteiger partial charge in [-0.05, 0) is 36.4 Å². The number of hydrogen-bond donors (Lipinski definition) is 2. The number of aliphatic hydroxyl groups is 1. The fourth-order valence-corrected chi connectivity index (χ4v) is 3.87. The van der Waals surface area contributed by atoms with E-state index in [0.717, 1.165) is 48.1 Å². The smallest absolute Gasteiger partial charge is 0.220 e. The molecular formula is C23H26ClN5O2. The number of ether oxygens (including phenoxy) is 1. The Kier molecular flexibility index (Phi) is 6.86. The minimum absolute atomic E-state index is 0.226. The zero-order valence-corrected chi connectivity index (χ0v) is 17.9. The summed E-state index contributed by atoms with van der Waals surface area (Å²) >= 11 is 6.10. The monoisotopic (exact) mass is 439 g/mol. The average molecular weight is 440 g/mol. The van der Waals surface area contributed by atoms with Gasteiger partial charge in [0, 0.05) is 55.2 Å². The van der Waals surface area contributed by atoms with Crippen LogP contribution in [-0.4, -0.2) is 65.4 Å². The third-order valence-electron chi connectivity index (χ3n) is 5.26. The molecule has 0 bridgehead atoms. The molecule has 8 heteroatoms. The average Bonchev–Trinajstić information content (AvgIpc) is 2.78. The molecule has 0 saturated carbocycles. The van der Waals surface area contributed by atoms with E-state index in [1.807, 2.05) is 42.5 Å². The Hall–Kier alpha value is -2.87. The van der Waals surface area contributed by atoms with Gasteiger partial charge >= 0.3 is 0 Å². The number of hydrogen-bond acceptors (Lipinski definition) is 7. The highest BCUT2D eigenvalue weighted by atomic mass is 35.5. The maximum absolute atomic E-state index is 10.5. The van der Waals surface area contributed by atoms with Crippen molar-refractivity contribution >= 4 is 23.2 Å². The molecule has 3 N–H and O–H groups in total. The van der Waals surface area contributed by atoms with Crippen molar-refractivity contribution in [1.29, 1.82) is 0 Å². The second-order valence-corrected chi connectivity index (χ2v) is 8.00. The van der Waals surface area contributed by atoms with Crippen molar-refractivity contribution in [3.05, 3.63) is 65.8 Å². The number of β-amino-alcohol motifs (C(OH)–C–C–N with tert-alkyl or cyclic N) is 1. The van der Waals surface area contributed by atoms with Crippen molar-refractivity contribution in [3.63, 3.8) is 0 Å². The lowest BCUT2D eigenvalue weighted by molar-refractivity contribution is 0.0663. The number of nitrogens with two attached hydrogens (primary N) is 1. The normalized spacial score (nSPS) is 15.6. The molecule has 1 aliphatic rings. The molecule has 0 aliphatic carbocycles. The number of aliphatic hydroxyl groups excluding tert-OH is 1. The number of aromatic nitrogens is 2. The Balaban J connectivity index is 1.25. The highest BCUT2D eigenvalue weighted by Crippen LogP contribution is 2.23. The van der Waals surface area contributed by atoms with Crippen LogP contribution in [0.5, 0.6) is 5.75 Å². The van der Waals surface area contributed by atoms with E-state index in [1.165, 1.54) is 0 Å². The van der Waals surface area contributed by atoms with Gasteiger partial charge in [-0.3, -0.25) is 4.90 Å². The van der Waals surface area contributed by atoms with E-state index in [9.17, 15) is 5.11 Å². The number of nitrogen functional groups attached to an aromatic ring is 1. The predicted octanol–water partition coefficient (Wildman–Crippen LogP) is 2.94. The standard InChI is InChI=1S/C23H26ClN5O2/c24-18-4-2-5-19(14-18)29-11-9-28(10-12-29)15-20(30)16-31-21-6-1-3-17(13-21)22-7-8-26-23(25)27-22/h1-8,13-14,20,30H,9-12,15-16H2,(H2,25,26,27). The number of piperazine rings is 1. The van der Waals surface area contributed by atoms with E-state index in [0.29, 0.717) is 12.3 Å². The Bertz CT molecular complexity index is 1010. The number of rotatable bonds is 7. The van der Waals surface area contributed by atoms with Gasteiger partial charge in [0.25, 0.3) is 0 Å². The molecule has 31 heavy (non-hydrogen) atoms. The van der Waals surface area contributed by atoms with E-state index >= 15 is 0 Å². The van der Waals surface area contributed by atoms with Gasteiger partial charge in [-0.25, -0.2) is 9.97 Å². The van der Waals surface area contributed by atoms with Gasteiger partial charge in [-0.15, -0.1) is 0 Å². The molecule has 1 fully saturated rings. The van der Waals surface area contributed by atoms with Crippen LogP contribution in [0, 0.1) is 0 Å². The fourth-order valence-electron chi connectivity index (χ4n) is 3.68. The highest BCUT2D eigenvalue weighted by Gasteiger charge is 2.20. The number of halogens is 1. The Morgan fingerprint density at radius 1 is 1.06 bits per heavy atom. The van der Waals surface area contributed by atoms with Crippen LogP contribution in [-0.2, 0) is 0 Å². The quantitative estimate of drug-likeness (QED) is 0.585. The number of anilines is 2. The molecule has 7 nitrogen and oxygen atoms in total. The molecule has 1 saturated heterocycles. The van der Waals surface area contributed by atoms with E-state index in [4.69, 9.17) is 22.1 Å². The summed E-state index contributed by atoms with van der Waals surface area (Å²) in [6, 6.07) is 17.3. The molecule has 0 spiro atoms. The molecule has 1 atom stereocenters. The molecule has 2 aromatic carbocycles. The minimum Gasteiger partial charge on any atom is -0.491 e. The molecule has 3 aromatic rings. The summed E-state index contributed by atoms with van der Waals surface area (Å²) in [5, 5.41) is 11.2. The second-order valence-electron chi connectivity index (χ2n) is 7.56. The number of nitrogens with zero attached hydrogens (tertiary/aromatic N) is 4. The van der Waals surface area contributed by atoms with E-state index in [-0.39, 0.29) is 12.6 Å². The maximum atomic E-state index is 10.5. The van der Waals surface area contributed by atoms with Crippen molar-refractivity contribution in [1.82, 2.24) is 14.9 Å². The Morgan fingerprint density at radius 2 is 1.87 bits per heavy atom. The van der Waals surface area contributed by atoms with Crippen molar-refractivity contribution in [2.75, 3.05) is 50.0 Å². The molecule has 4 rings (SSSR count). The SMILES string of the molecule is Nc1nccc(-c2cccc(OCC(O)CN3CCN(c4cccc(Cl)c4)CC3)c2)n1. The first-order valence-corrected chi connectivity index (χ1v) is 10.7. The lowest BCUT2D eigenvalue weighted by atomic mass is 10.1.